The molecule has 0 aliphatic heterocycles. The molecule has 0 saturated heterocycles. The lowest BCUT2D eigenvalue weighted by molar-refractivity contribution is -0.147. The number of phenolic OH excluding ortho intramolecular Hbond substituents is 1. The second-order valence-electron chi connectivity index (χ2n) is 5.22. The molecule has 0 aromatic heterocycles. The molecule has 5 heteroatoms. The van der Waals surface area contributed by atoms with Crippen molar-refractivity contribution in [3.8, 4) is 5.75 Å². The molecule has 2 N–H and O–H groups in total. The van der Waals surface area contributed by atoms with Crippen LogP contribution in [0.25, 0.3) is 0 Å². The molecule has 2 aromatic carbocycles. The summed E-state index contributed by atoms with van der Waals surface area (Å²) in [6, 6.07) is 13.1. The zero-order valence-corrected chi connectivity index (χ0v) is 13.2. The van der Waals surface area contributed by atoms with Gasteiger partial charge in [-0.25, -0.2) is 4.79 Å². The van der Waals surface area contributed by atoms with E-state index in [4.69, 9.17) is 9.84 Å². The van der Waals surface area contributed by atoms with Crippen molar-refractivity contribution < 1.29 is 24.5 Å². The molecule has 0 aliphatic carbocycles. The molecule has 2 aromatic rings. The molecule has 0 fully saturated rings. The number of carbonyl (C=O) groups excluding carboxylic acids is 2. The number of aliphatic hydroxyl groups is 1. The Morgan fingerprint density at radius 1 is 1.17 bits per heavy atom. The summed E-state index contributed by atoms with van der Waals surface area (Å²) < 4.78 is 5.10. The lowest BCUT2D eigenvalue weighted by atomic mass is 9.98. The van der Waals surface area contributed by atoms with E-state index in [0.717, 1.165) is 0 Å². The molecule has 0 bridgehead atoms. The van der Waals surface area contributed by atoms with Crippen molar-refractivity contribution in [2.24, 2.45) is 0 Å². The number of aromatic hydroxyl groups is 1. The first kappa shape index (κ1) is 17.3. The quantitative estimate of drug-likeness (QED) is 0.366. The first-order valence-electron chi connectivity index (χ1n) is 7.45. The van der Waals surface area contributed by atoms with E-state index in [-0.39, 0.29) is 17.1 Å². The highest BCUT2D eigenvalue weighted by molar-refractivity contribution is 6.10. The molecule has 0 aliphatic rings. The van der Waals surface area contributed by atoms with Gasteiger partial charge in [-0.1, -0.05) is 43.3 Å². The minimum absolute atomic E-state index is 0.165. The second kappa shape index (κ2) is 7.46. The number of ether oxygens (including phenoxy) is 1. The van der Waals surface area contributed by atoms with Crippen molar-refractivity contribution in [1.82, 2.24) is 0 Å². The number of esters is 1. The third-order valence-corrected chi connectivity index (χ3v) is 3.53. The largest absolute Gasteiger partial charge is 0.507 e. The third-order valence-electron chi connectivity index (χ3n) is 3.53. The van der Waals surface area contributed by atoms with Crippen LogP contribution in [0.4, 0.5) is 0 Å². The summed E-state index contributed by atoms with van der Waals surface area (Å²) in [6.07, 6.45) is -0.224. The van der Waals surface area contributed by atoms with Crippen molar-refractivity contribution in [2.75, 3.05) is 0 Å². The summed E-state index contributed by atoms with van der Waals surface area (Å²) in [5.74, 6) is -2.11. The smallest absolute Gasteiger partial charge is 0.373 e. The molecule has 0 saturated carbocycles. The molecular formula is C19H18O5. The van der Waals surface area contributed by atoms with Crippen LogP contribution in [0, 0.1) is 0 Å². The monoisotopic (exact) mass is 326 g/mol. The van der Waals surface area contributed by atoms with Gasteiger partial charge < -0.3 is 14.9 Å². The number of carbonyl (C=O) groups is 2. The van der Waals surface area contributed by atoms with Crippen LogP contribution >= 0.6 is 0 Å². The zero-order chi connectivity index (χ0) is 17.7. The van der Waals surface area contributed by atoms with Crippen molar-refractivity contribution in [3.05, 3.63) is 77.6 Å². The predicted molar refractivity (Wildman–Crippen MR) is 88.9 cm³/mol. The molecule has 0 heterocycles. The van der Waals surface area contributed by atoms with Crippen LogP contribution in [0.15, 0.2) is 60.9 Å². The molecule has 1 unspecified atom stereocenters. The normalized spacial score (nSPS) is 11.5. The van der Waals surface area contributed by atoms with Crippen LogP contribution in [-0.2, 0) is 9.53 Å². The number of hydrogen-bond acceptors (Lipinski definition) is 5. The predicted octanol–water partition coefficient (Wildman–Crippen LogP) is 3.69. The summed E-state index contributed by atoms with van der Waals surface area (Å²) in [6.45, 7) is 4.90. The van der Waals surface area contributed by atoms with E-state index < -0.39 is 17.8 Å². The molecule has 2 rings (SSSR count). The Kier molecular flexibility index (Phi) is 5.37. The highest BCUT2D eigenvalue weighted by Gasteiger charge is 2.20. The van der Waals surface area contributed by atoms with Crippen LogP contribution < -0.4 is 0 Å². The van der Waals surface area contributed by atoms with Crippen molar-refractivity contribution in [1.29, 1.82) is 0 Å². The Morgan fingerprint density at radius 3 is 2.38 bits per heavy atom. The van der Waals surface area contributed by atoms with Gasteiger partial charge in [-0.2, -0.15) is 0 Å². The number of benzene rings is 2. The maximum Gasteiger partial charge on any atom is 0.373 e. The molecule has 24 heavy (non-hydrogen) atoms. The van der Waals surface area contributed by atoms with Crippen LogP contribution in [0.1, 0.15) is 40.9 Å². The van der Waals surface area contributed by atoms with Gasteiger partial charge in [0.25, 0.3) is 0 Å². The van der Waals surface area contributed by atoms with Crippen molar-refractivity contribution in [2.45, 2.75) is 19.4 Å². The van der Waals surface area contributed by atoms with E-state index in [0.29, 0.717) is 17.5 Å². The van der Waals surface area contributed by atoms with Crippen LogP contribution in [0.5, 0.6) is 5.75 Å². The maximum atomic E-state index is 12.4. The van der Waals surface area contributed by atoms with Gasteiger partial charge in [0.2, 0.25) is 0 Å². The fourth-order valence-corrected chi connectivity index (χ4v) is 2.27. The number of phenols is 1. The molecule has 0 amide bonds. The number of ketones is 1. The van der Waals surface area contributed by atoms with Crippen LogP contribution in [0.3, 0.4) is 0 Å². The minimum atomic E-state index is -0.925. The Bertz CT molecular complexity index is 765. The topological polar surface area (TPSA) is 83.8 Å². The average molecular weight is 326 g/mol. The second-order valence-corrected chi connectivity index (χ2v) is 5.22. The van der Waals surface area contributed by atoms with Crippen molar-refractivity contribution >= 4 is 11.8 Å². The molecule has 0 radical (unpaired) electrons. The molecule has 124 valence electrons. The summed E-state index contributed by atoms with van der Waals surface area (Å²) in [5, 5.41) is 19.2. The summed E-state index contributed by atoms with van der Waals surface area (Å²) in [7, 11) is 0. The molecular weight excluding hydrogens is 308 g/mol. The summed E-state index contributed by atoms with van der Waals surface area (Å²) in [5.41, 5.74) is 1.16. The standard InChI is InChI=1S/C19H18O5/c1-3-17(24-19(23)12(2)20)14-9-10-15(16(21)11-14)18(22)13-7-5-4-6-8-13/h4-11,17,20-21H,2-3H2,1H3. The third kappa shape index (κ3) is 3.81. The molecule has 1 atom stereocenters. The minimum Gasteiger partial charge on any atom is -0.507 e. The highest BCUT2D eigenvalue weighted by Crippen LogP contribution is 2.28. The Labute approximate surface area is 139 Å². The van der Waals surface area contributed by atoms with E-state index in [9.17, 15) is 14.7 Å². The highest BCUT2D eigenvalue weighted by atomic mass is 16.6. The number of rotatable bonds is 6. The SMILES string of the molecule is C=C(O)C(=O)OC(CC)c1ccc(C(=O)c2ccccc2)c(O)c1. The summed E-state index contributed by atoms with van der Waals surface area (Å²) >= 11 is 0. The van der Waals surface area contributed by atoms with Gasteiger partial charge >= 0.3 is 5.97 Å². The number of aliphatic hydroxyl groups excluding tert-OH is 1. The van der Waals surface area contributed by atoms with Gasteiger partial charge in [-0.15, -0.1) is 0 Å². The molecule has 5 nitrogen and oxygen atoms in total. The van der Waals surface area contributed by atoms with E-state index in [1.165, 1.54) is 12.1 Å². The van der Waals surface area contributed by atoms with Crippen molar-refractivity contribution in [3.63, 3.8) is 0 Å². The fourth-order valence-electron chi connectivity index (χ4n) is 2.27. The summed E-state index contributed by atoms with van der Waals surface area (Å²) in [4.78, 5) is 23.8. The molecule has 0 spiro atoms. The Balaban J connectivity index is 2.27. The van der Waals surface area contributed by atoms with Crippen LogP contribution in [0.2, 0.25) is 0 Å². The lowest BCUT2D eigenvalue weighted by Crippen LogP contribution is -2.12. The van der Waals surface area contributed by atoms with E-state index in [1.807, 2.05) is 0 Å². The van der Waals surface area contributed by atoms with Gasteiger partial charge in [0.1, 0.15) is 11.9 Å². The van der Waals surface area contributed by atoms with Crippen LogP contribution in [-0.4, -0.2) is 22.0 Å². The lowest BCUT2D eigenvalue weighted by Gasteiger charge is -2.17. The first-order valence-corrected chi connectivity index (χ1v) is 7.45. The van der Waals surface area contributed by atoms with E-state index in [1.54, 1.807) is 43.3 Å². The van der Waals surface area contributed by atoms with Gasteiger partial charge in [0, 0.05) is 5.56 Å². The van der Waals surface area contributed by atoms with E-state index in [2.05, 4.69) is 6.58 Å². The van der Waals surface area contributed by atoms with E-state index >= 15 is 0 Å². The maximum absolute atomic E-state index is 12.4. The first-order chi connectivity index (χ1) is 11.4. The van der Waals surface area contributed by atoms with Gasteiger partial charge in [0.05, 0.1) is 5.56 Å². The average Bonchev–Trinajstić information content (AvgIpc) is 2.59. The van der Waals surface area contributed by atoms with Gasteiger partial charge in [0.15, 0.2) is 11.5 Å². The van der Waals surface area contributed by atoms with Gasteiger partial charge in [-0.05, 0) is 30.7 Å². The fraction of sp³-hybridized carbons (Fsp3) is 0.158. The number of hydrogen-bond donors (Lipinski definition) is 2. The Morgan fingerprint density at radius 2 is 1.83 bits per heavy atom. The zero-order valence-electron chi connectivity index (χ0n) is 13.2. The Hall–Kier alpha value is -3.08. The van der Waals surface area contributed by atoms with Gasteiger partial charge in [-0.3, -0.25) is 4.79 Å².